The minimum atomic E-state index is -0.350. The molecule has 0 aliphatic heterocycles. The molecule has 0 spiro atoms. The SMILES string of the molecule is CCOC(=O)CCC(=O)N[C@@H](C)c1cccc(OC)c1. The summed E-state index contributed by atoms with van der Waals surface area (Å²) in [6.45, 7) is 3.96. The molecule has 5 heteroatoms. The van der Waals surface area contributed by atoms with Gasteiger partial charge in [0.15, 0.2) is 0 Å². The Labute approximate surface area is 119 Å². The fourth-order valence-electron chi connectivity index (χ4n) is 1.76. The summed E-state index contributed by atoms with van der Waals surface area (Å²) >= 11 is 0. The van der Waals surface area contributed by atoms with Gasteiger partial charge in [-0.25, -0.2) is 0 Å². The maximum Gasteiger partial charge on any atom is 0.306 e. The van der Waals surface area contributed by atoms with Crippen LogP contribution in [0.25, 0.3) is 0 Å². The molecule has 20 heavy (non-hydrogen) atoms. The number of benzene rings is 1. The van der Waals surface area contributed by atoms with Crippen molar-refractivity contribution >= 4 is 11.9 Å². The molecule has 0 heterocycles. The van der Waals surface area contributed by atoms with E-state index in [0.717, 1.165) is 11.3 Å². The number of amides is 1. The Balaban J connectivity index is 2.46. The molecule has 0 fully saturated rings. The van der Waals surface area contributed by atoms with E-state index in [2.05, 4.69) is 5.32 Å². The quantitative estimate of drug-likeness (QED) is 0.777. The summed E-state index contributed by atoms with van der Waals surface area (Å²) in [6, 6.07) is 7.36. The van der Waals surface area contributed by atoms with Crippen LogP contribution in [0.3, 0.4) is 0 Å². The molecule has 110 valence electrons. The summed E-state index contributed by atoms with van der Waals surface area (Å²) in [5.41, 5.74) is 0.953. The Kier molecular flexibility index (Phi) is 6.56. The van der Waals surface area contributed by atoms with Crippen molar-refractivity contribution in [3.63, 3.8) is 0 Å². The average Bonchev–Trinajstić information content (AvgIpc) is 2.45. The van der Waals surface area contributed by atoms with Crippen LogP contribution in [0.5, 0.6) is 5.75 Å². The van der Waals surface area contributed by atoms with Gasteiger partial charge in [0.2, 0.25) is 5.91 Å². The van der Waals surface area contributed by atoms with Gasteiger partial charge in [0.05, 0.1) is 26.2 Å². The average molecular weight is 279 g/mol. The second-order valence-electron chi connectivity index (χ2n) is 4.37. The molecule has 0 radical (unpaired) electrons. The molecule has 0 saturated carbocycles. The summed E-state index contributed by atoms with van der Waals surface area (Å²) < 4.78 is 9.92. The van der Waals surface area contributed by atoms with Crippen molar-refractivity contribution in [3.05, 3.63) is 29.8 Å². The molecular weight excluding hydrogens is 258 g/mol. The molecule has 1 N–H and O–H groups in total. The minimum Gasteiger partial charge on any atom is -0.497 e. The lowest BCUT2D eigenvalue weighted by atomic mass is 10.1. The number of rotatable bonds is 7. The third-order valence-corrected chi connectivity index (χ3v) is 2.83. The second-order valence-corrected chi connectivity index (χ2v) is 4.37. The third-order valence-electron chi connectivity index (χ3n) is 2.83. The van der Waals surface area contributed by atoms with E-state index in [1.165, 1.54) is 0 Å². The molecule has 0 saturated heterocycles. The number of nitrogens with one attached hydrogen (secondary N) is 1. The Morgan fingerprint density at radius 3 is 2.70 bits per heavy atom. The fraction of sp³-hybridized carbons (Fsp3) is 0.467. The minimum absolute atomic E-state index is 0.102. The normalized spacial score (nSPS) is 11.6. The summed E-state index contributed by atoms with van der Waals surface area (Å²) in [5, 5.41) is 2.84. The van der Waals surface area contributed by atoms with Crippen molar-refractivity contribution < 1.29 is 19.1 Å². The van der Waals surface area contributed by atoms with Crippen LogP contribution >= 0.6 is 0 Å². The molecule has 1 rings (SSSR count). The van der Waals surface area contributed by atoms with Crippen LogP contribution < -0.4 is 10.1 Å². The van der Waals surface area contributed by atoms with Gasteiger partial charge in [-0.2, -0.15) is 0 Å². The largest absolute Gasteiger partial charge is 0.497 e. The molecule has 0 unspecified atom stereocenters. The smallest absolute Gasteiger partial charge is 0.306 e. The third kappa shape index (κ3) is 5.30. The standard InChI is InChI=1S/C15H21NO4/c1-4-20-15(18)9-8-14(17)16-11(2)12-6-5-7-13(10-12)19-3/h5-7,10-11H,4,8-9H2,1-3H3,(H,16,17)/t11-/m0/s1. The van der Waals surface area contributed by atoms with Gasteiger partial charge in [-0.3, -0.25) is 9.59 Å². The molecule has 0 aliphatic carbocycles. The number of hydrogen-bond donors (Lipinski definition) is 1. The zero-order chi connectivity index (χ0) is 15.0. The summed E-state index contributed by atoms with van der Waals surface area (Å²) in [7, 11) is 1.60. The lowest BCUT2D eigenvalue weighted by molar-refractivity contribution is -0.144. The Morgan fingerprint density at radius 1 is 1.30 bits per heavy atom. The highest BCUT2D eigenvalue weighted by atomic mass is 16.5. The Hall–Kier alpha value is -2.04. The van der Waals surface area contributed by atoms with Crippen LogP contribution in [0.1, 0.15) is 38.3 Å². The maximum absolute atomic E-state index is 11.7. The number of ether oxygens (including phenoxy) is 2. The van der Waals surface area contributed by atoms with Gasteiger partial charge < -0.3 is 14.8 Å². The lowest BCUT2D eigenvalue weighted by Gasteiger charge is -2.15. The molecule has 5 nitrogen and oxygen atoms in total. The van der Waals surface area contributed by atoms with Gasteiger partial charge in [-0.05, 0) is 31.5 Å². The Morgan fingerprint density at radius 2 is 2.05 bits per heavy atom. The Bertz CT molecular complexity index is 459. The van der Waals surface area contributed by atoms with Crippen LogP contribution in [0.4, 0.5) is 0 Å². The predicted octanol–water partition coefficient (Wildman–Crippen LogP) is 2.22. The first kappa shape index (κ1) is 16.0. The number of esters is 1. The lowest BCUT2D eigenvalue weighted by Crippen LogP contribution is -2.27. The van der Waals surface area contributed by atoms with E-state index in [1.807, 2.05) is 31.2 Å². The molecule has 1 amide bonds. The van der Waals surface area contributed by atoms with Gasteiger partial charge in [0.1, 0.15) is 5.75 Å². The molecule has 0 aliphatic rings. The van der Waals surface area contributed by atoms with Crippen LogP contribution in [0.15, 0.2) is 24.3 Å². The zero-order valence-electron chi connectivity index (χ0n) is 12.1. The van der Waals surface area contributed by atoms with E-state index in [4.69, 9.17) is 9.47 Å². The first-order valence-electron chi connectivity index (χ1n) is 6.65. The summed E-state index contributed by atoms with van der Waals surface area (Å²) in [5.74, 6) is 0.222. The van der Waals surface area contributed by atoms with Gasteiger partial charge in [0, 0.05) is 6.42 Å². The van der Waals surface area contributed by atoms with Crippen molar-refractivity contribution in [2.45, 2.75) is 32.7 Å². The van der Waals surface area contributed by atoms with E-state index in [0.29, 0.717) is 6.61 Å². The first-order chi connectivity index (χ1) is 9.56. The topological polar surface area (TPSA) is 64.6 Å². The van der Waals surface area contributed by atoms with E-state index in [9.17, 15) is 9.59 Å². The fourth-order valence-corrected chi connectivity index (χ4v) is 1.76. The highest BCUT2D eigenvalue weighted by Gasteiger charge is 2.12. The number of carbonyl (C=O) groups is 2. The number of hydrogen-bond acceptors (Lipinski definition) is 4. The second kappa shape index (κ2) is 8.19. The van der Waals surface area contributed by atoms with Gasteiger partial charge in [0.25, 0.3) is 0 Å². The summed E-state index contributed by atoms with van der Waals surface area (Å²) in [6.07, 6.45) is 0.234. The van der Waals surface area contributed by atoms with Gasteiger partial charge in [-0.15, -0.1) is 0 Å². The van der Waals surface area contributed by atoms with Crippen LogP contribution in [0.2, 0.25) is 0 Å². The van der Waals surface area contributed by atoms with Crippen molar-refractivity contribution in [1.82, 2.24) is 5.32 Å². The van der Waals surface area contributed by atoms with Crippen LogP contribution in [-0.2, 0) is 14.3 Å². The van der Waals surface area contributed by atoms with Crippen LogP contribution in [-0.4, -0.2) is 25.6 Å². The summed E-state index contributed by atoms with van der Waals surface area (Å²) in [4.78, 5) is 22.9. The van der Waals surface area contributed by atoms with Gasteiger partial charge in [-0.1, -0.05) is 12.1 Å². The van der Waals surface area contributed by atoms with Crippen molar-refractivity contribution in [2.75, 3.05) is 13.7 Å². The molecule has 1 atom stereocenters. The molecule has 1 aromatic rings. The first-order valence-corrected chi connectivity index (χ1v) is 6.65. The van der Waals surface area contributed by atoms with Crippen LogP contribution in [0, 0.1) is 0 Å². The molecule has 0 bridgehead atoms. The van der Waals surface area contributed by atoms with E-state index in [1.54, 1.807) is 14.0 Å². The number of carbonyl (C=O) groups excluding carboxylic acids is 2. The van der Waals surface area contributed by atoms with Crippen molar-refractivity contribution in [3.8, 4) is 5.75 Å². The molecule has 1 aromatic carbocycles. The molecular formula is C15H21NO4. The van der Waals surface area contributed by atoms with Crippen molar-refractivity contribution in [2.24, 2.45) is 0 Å². The number of methoxy groups -OCH3 is 1. The highest BCUT2D eigenvalue weighted by Crippen LogP contribution is 2.18. The predicted molar refractivity (Wildman–Crippen MR) is 75.4 cm³/mol. The monoisotopic (exact) mass is 279 g/mol. The van der Waals surface area contributed by atoms with E-state index in [-0.39, 0.29) is 30.8 Å². The zero-order valence-corrected chi connectivity index (χ0v) is 12.1. The highest BCUT2D eigenvalue weighted by molar-refractivity contribution is 5.81. The van der Waals surface area contributed by atoms with Crippen molar-refractivity contribution in [1.29, 1.82) is 0 Å². The van der Waals surface area contributed by atoms with E-state index >= 15 is 0 Å². The van der Waals surface area contributed by atoms with Gasteiger partial charge >= 0.3 is 5.97 Å². The molecule has 0 aromatic heterocycles. The maximum atomic E-state index is 11.7. The van der Waals surface area contributed by atoms with E-state index < -0.39 is 0 Å².